The van der Waals surface area contributed by atoms with Crippen molar-refractivity contribution in [3.05, 3.63) is 70.2 Å². The molecule has 1 N–H and O–H groups in total. The van der Waals surface area contributed by atoms with Gasteiger partial charge in [0.2, 0.25) is 5.91 Å². The molecule has 5 heteroatoms. The van der Waals surface area contributed by atoms with Gasteiger partial charge in [0.25, 0.3) is 0 Å². The number of nitrogens with zero attached hydrogens (tertiary/aromatic N) is 1. The summed E-state index contributed by atoms with van der Waals surface area (Å²) < 4.78 is 5.52. The fourth-order valence-electron chi connectivity index (χ4n) is 4.12. The number of rotatable bonds is 6. The smallest absolute Gasteiger partial charge is 0.223 e. The lowest BCUT2D eigenvalue weighted by Gasteiger charge is -2.35. The van der Waals surface area contributed by atoms with Crippen molar-refractivity contribution < 1.29 is 9.53 Å². The molecule has 4 rings (SSSR count). The molecule has 1 amide bonds. The number of ether oxygens (including phenoxy) is 1. The van der Waals surface area contributed by atoms with Crippen molar-refractivity contribution in [2.24, 2.45) is 5.92 Å². The molecule has 0 bridgehead atoms. The lowest BCUT2D eigenvalue weighted by atomic mass is 10.0. The van der Waals surface area contributed by atoms with Crippen LogP contribution >= 0.6 is 11.6 Å². The van der Waals surface area contributed by atoms with Crippen LogP contribution in [0.2, 0.25) is 5.02 Å². The fourth-order valence-corrected chi connectivity index (χ4v) is 4.24. The summed E-state index contributed by atoms with van der Waals surface area (Å²) >= 11 is 5.97. The van der Waals surface area contributed by atoms with Gasteiger partial charge in [-0.05, 0) is 42.5 Å². The zero-order valence-electron chi connectivity index (χ0n) is 16.2. The largest absolute Gasteiger partial charge is 0.379 e. The molecule has 0 spiro atoms. The SMILES string of the molecule is Cc1cccc(C(CNC(=O)C2CC2c2ccc(Cl)cc2)N2CCOCC2)c1. The van der Waals surface area contributed by atoms with E-state index in [2.05, 4.69) is 41.4 Å². The molecule has 3 atom stereocenters. The number of benzene rings is 2. The van der Waals surface area contributed by atoms with Crippen LogP contribution in [0, 0.1) is 12.8 Å². The molecule has 2 fully saturated rings. The number of hydrogen-bond acceptors (Lipinski definition) is 3. The van der Waals surface area contributed by atoms with Crippen molar-refractivity contribution >= 4 is 17.5 Å². The standard InChI is InChI=1S/C23H27ClN2O2/c1-16-3-2-4-18(13-16)22(26-9-11-28-12-10-26)15-25-23(27)21-14-20(21)17-5-7-19(24)8-6-17/h2-8,13,20-22H,9-12,14-15H2,1H3,(H,25,27). The maximum absolute atomic E-state index is 12.8. The Morgan fingerprint density at radius 2 is 1.96 bits per heavy atom. The molecule has 148 valence electrons. The summed E-state index contributed by atoms with van der Waals surface area (Å²) in [5.41, 5.74) is 3.70. The van der Waals surface area contributed by atoms with Crippen LogP contribution in [0.5, 0.6) is 0 Å². The molecule has 2 aromatic carbocycles. The van der Waals surface area contributed by atoms with E-state index in [0.29, 0.717) is 12.5 Å². The third kappa shape index (κ3) is 4.57. The van der Waals surface area contributed by atoms with Crippen LogP contribution in [0.4, 0.5) is 0 Å². The third-order valence-corrected chi connectivity index (χ3v) is 6.06. The quantitative estimate of drug-likeness (QED) is 0.801. The van der Waals surface area contributed by atoms with Crippen molar-refractivity contribution in [3.63, 3.8) is 0 Å². The lowest BCUT2D eigenvalue weighted by molar-refractivity contribution is -0.122. The van der Waals surface area contributed by atoms with E-state index in [4.69, 9.17) is 16.3 Å². The molecule has 28 heavy (non-hydrogen) atoms. The number of carbonyl (C=O) groups excluding carboxylic acids is 1. The van der Waals surface area contributed by atoms with E-state index in [1.54, 1.807) is 0 Å². The number of nitrogens with one attached hydrogen (secondary N) is 1. The molecule has 4 nitrogen and oxygen atoms in total. The highest BCUT2D eigenvalue weighted by atomic mass is 35.5. The zero-order valence-corrected chi connectivity index (χ0v) is 17.0. The predicted octanol–water partition coefficient (Wildman–Crippen LogP) is 3.94. The van der Waals surface area contributed by atoms with E-state index in [0.717, 1.165) is 37.7 Å². The molecule has 1 aliphatic carbocycles. The van der Waals surface area contributed by atoms with Gasteiger partial charge >= 0.3 is 0 Å². The molecule has 0 radical (unpaired) electrons. The zero-order chi connectivity index (χ0) is 19.5. The molecule has 3 unspecified atom stereocenters. The van der Waals surface area contributed by atoms with E-state index in [1.165, 1.54) is 16.7 Å². The van der Waals surface area contributed by atoms with Crippen molar-refractivity contribution in [2.45, 2.75) is 25.3 Å². The first kappa shape index (κ1) is 19.4. The second-order valence-corrected chi connectivity index (χ2v) is 8.26. The first-order valence-electron chi connectivity index (χ1n) is 10.0. The molecule has 1 aliphatic heterocycles. The van der Waals surface area contributed by atoms with Gasteiger partial charge in [-0.1, -0.05) is 53.6 Å². The second kappa shape index (κ2) is 8.64. The maximum atomic E-state index is 12.8. The molecular weight excluding hydrogens is 372 g/mol. The fraction of sp³-hybridized carbons (Fsp3) is 0.435. The van der Waals surface area contributed by atoms with E-state index in [1.807, 2.05) is 24.3 Å². The van der Waals surface area contributed by atoms with Crippen LogP contribution in [0.25, 0.3) is 0 Å². The summed E-state index contributed by atoms with van der Waals surface area (Å²) in [4.78, 5) is 15.2. The average molecular weight is 399 g/mol. The monoisotopic (exact) mass is 398 g/mol. The Bertz CT molecular complexity index is 818. The molecule has 1 heterocycles. The van der Waals surface area contributed by atoms with Gasteiger partial charge in [-0.2, -0.15) is 0 Å². The van der Waals surface area contributed by atoms with Gasteiger partial charge in [0, 0.05) is 30.6 Å². The van der Waals surface area contributed by atoms with E-state index in [9.17, 15) is 4.79 Å². The minimum atomic E-state index is 0.0732. The maximum Gasteiger partial charge on any atom is 0.223 e. The highest BCUT2D eigenvalue weighted by molar-refractivity contribution is 6.30. The number of halogens is 1. The second-order valence-electron chi connectivity index (χ2n) is 7.82. The van der Waals surface area contributed by atoms with Gasteiger partial charge in [-0.3, -0.25) is 9.69 Å². The minimum Gasteiger partial charge on any atom is -0.379 e. The lowest BCUT2D eigenvalue weighted by Crippen LogP contribution is -2.44. The van der Waals surface area contributed by atoms with Crippen molar-refractivity contribution in [1.29, 1.82) is 0 Å². The first-order chi connectivity index (χ1) is 13.6. The summed E-state index contributed by atoms with van der Waals surface area (Å²) in [5, 5.41) is 3.96. The molecule has 2 aliphatic rings. The van der Waals surface area contributed by atoms with Crippen LogP contribution in [0.3, 0.4) is 0 Å². The topological polar surface area (TPSA) is 41.6 Å². The normalized spacial score (nSPS) is 23.2. The van der Waals surface area contributed by atoms with Crippen molar-refractivity contribution in [1.82, 2.24) is 10.2 Å². The van der Waals surface area contributed by atoms with E-state index >= 15 is 0 Å². The van der Waals surface area contributed by atoms with Gasteiger partial charge in [0.15, 0.2) is 0 Å². The van der Waals surface area contributed by atoms with E-state index < -0.39 is 0 Å². The molecule has 2 aromatic rings. The number of aryl methyl sites for hydroxylation is 1. The Hall–Kier alpha value is -1.88. The van der Waals surface area contributed by atoms with Crippen LogP contribution in [0.15, 0.2) is 48.5 Å². The van der Waals surface area contributed by atoms with Gasteiger partial charge < -0.3 is 10.1 Å². The molecule has 1 saturated carbocycles. The Kier molecular flexibility index (Phi) is 6.00. The minimum absolute atomic E-state index is 0.0732. The highest BCUT2D eigenvalue weighted by Crippen LogP contribution is 2.47. The summed E-state index contributed by atoms with van der Waals surface area (Å²) in [6.07, 6.45) is 0.917. The van der Waals surface area contributed by atoms with Crippen LogP contribution in [-0.2, 0) is 9.53 Å². The van der Waals surface area contributed by atoms with Crippen LogP contribution in [-0.4, -0.2) is 43.7 Å². The Morgan fingerprint density at radius 1 is 1.21 bits per heavy atom. The van der Waals surface area contributed by atoms with E-state index in [-0.39, 0.29) is 17.9 Å². The number of carbonyl (C=O) groups is 1. The number of amides is 1. The Balaban J connectivity index is 1.40. The summed E-state index contributed by atoms with van der Waals surface area (Å²) in [6, 6.07) is 16.6. The Labute approximate surface area is 171 Å². The number of morpholine rings is 1. The molecule has 0 aromatic heterocycles. The first-order valence-corrected chi connectivity index (χ1v) is 10.4. The summed E-state index contributed by atoms with van der Waals surface area (Å²) in [6.45, 7) is 6.02. The predicted molar refractivity (Wildman–Crippen MR) is 112 cm³/mol. The highest BCUT2D eigenvalue weighted by Gasteiger charge is 2.44. The van der Waals surface area contributed by atoms with Gasteiger partial charge in [0.05, 0.1) is 19.3 Å². The van der Waals surface area contributed by atoms with Crippen molar-refractivity contribution in [3.8, 4) is 0 Å². The Morgan fingerprint density at radius 3 is 2.68 bits per heavy atom. The number of hydrogen-bond donors (Lipinski definition) is 1. The van der Waals surface area contributed by atoms with Gasteiger partial charge in [-0.25, -0.2) is 0 Å². The molecule has 1 saturated heterocycles. The summed E-state index contributed by atoms with van der Waals surface area (Å²) in [5.74, 6) is 0.549. The average Bonchev–Trinajstić information content (AvgIpc) is 3.50. The van der Waals surface area contributed by atoms with Crippen LogP contribution < -0.4 is 5.32 Å². The van der Waals surface area contributed by atoms with Crippen LogP contribution in [0.1, 0.15) is 35.1 Å². The third-order valence-electron chi connectivity index (χ3n) is 5.81. The van der Waals surface area contributed by atoms with Crippen molar-refractivity contribution in [2.75, 3.05) is 32.8 Å². The summed E-state index contributed by atoms with van der Waals surface area (Å²) in [7, 11) is 0. The molecular formula is C23H27ClN2O2. The van der Waals surface area contributed by atoms with Gasteiger partial charge in [0.1, 0.15) is 0 Å². The van der Waals surface area contributed by atoms with Gasteiger partial charge in [-0.15, -0.1) is 0 Å².